The van der Waals surface area contributed by atoms with E-state index in [1.54, 1.807) is 18.3 Å². The van der Waals surface area contributed by atoms with Gasteiger partial charge in [0.25, 0.3) is 0 Å². The predicted molar refractivity (Wildman–Crippen MR) is 58.5 cm³/mol. The Kier molecular flexibility index (Phi) is 3.15. The molecule has 0 amide bonds. The van der Waals surface area contributed by atoms with E-state index in [1.165, 1.54) is 6.42 Å². The second-order valence-corrected chi connectivity index (χ2v) is 3.73. The van der Waals surface area contributed by atoms with Crippen LogP contribution in [-0.2, 0) is 0 Å². The average Bonchev–Trinajstić information content (AvgIpc) is 2.31. The largest absolute Gasteiger partial charge is 0.366 e. The van der Waals surface area contributed by atoms with Gasteiger partial charge in [0.15, 0.2) is 0 Å². The monoisotopic (exact) mass is 202 g/mol. The van der Waals surface area contributed by atoms with Gasteiger partial charge in [-0.3, -0.25) is 0 Å². The number of hydrogen-bond donors (Lipinski definition) is 2. The van der Waals surface area contributed by atoms with Crippen molar-refractivity contribution in [3.63, 3.8) is 0 Å². The van der Waals surface area contributed by atoms with Crippen molar-refractivity contribution >= 4 is 5.82 Å². The fourth-order valence-corrected chi connectivity index (χ4v) is 1.76. The number of nitriles is 1. The Hall–Kier alpha value is -1.60. The lowest BCUT2D eigenvalue weighted by atomic mass is 10.1. The van der Waals surface area contributed by atoms with Crippen LogP contribution in [0.5, 0.6) is 0 Å². The fourth-order valence-electron chi connectivity index (χ4n) is 1.76. The summed E-state index contributed by atoms with van der Waals surface area (Å²) < 4.78 is 0. The van der Waals surface area contributed by atoms with Gasteiger partial charge in [-0.25, -0.2) is 4.98 Å². The van der Waals surface area contributed by atoms with Crippen molar-refractivity contribution in [2.24, 2.45) is 0 Å². The molecular formula is C11H14N4. The summed E-state index contributed by atoms with van der Waals surface area (Å²) in [5, 5.41) is 15.4. The summed E-state index contributed by atoms with van der Waals surface area (Å²) in [5.41, 5.74) is 0.649. The molecule has 2 N–H and O–H groups in total. The summed E-state index contributed by atoms with van der Waals surface area (Å²) in [7, 11) is 0. The van der Waals surface area contributed by atoms with Gasteiger partial charge in [-0.05, 0) is 31.5 Å². The predicted octanol–water partition coefficient (Wildman–Crippen LogP) is 1.12. The highest BCUT2D eigenvalue weighted by Crippen LogP contribution is 2.11. The molecule has 0 spiro atoms. The molecule has 15 heavy (non-hydrogen) atoms. The van der Waals surface area contributed by atoms with Crippen molar-refractivity contribution in [1.82, 2.24) is 10.3 Å². The van der Waals surface area contributed by atoms with Crippen LogP contribution >= 0.6 is 0 Å². The van der Waals surface area contributed by atoms with Gasteiger partial charge >= 0.3 is 0 Å². The Labute approximate surface area is 89.3 Å². The molecule has 0 radical (unpaired) electrons. The Bertz CT molecular complexity index is 363. The minimum atomic E-state index is 0.431. The summed E-state index contributed by atoms with van der Waals surface area (Å²) in [5.74, 6) is 0.794. The Morgan fingerprint density at radius 2 is 2.53 bits per heavy atom. The minimum absolute atomic E-state index is 0.431. The van der Waals surface area contributed by atoms with Crippen molar-refractivity contribution in [2.45, 2.75) is 18.9 Å². The third-order valence-electron chi connectivity index (χ3n) is 2.54. The highest BCUT2D eigenvalue weighted by Gasteiger charge is 2.12. The lowest BCUT2D eigenvalue weighted by Crippen LogP contribution is -2.38. The van der Waals surface area contributed by atoms with Crippen molar-refractivity contribution in [1.29, 1.82) is 5.26 Å². The molecule has 0 aliphatic carbocycles. The standard InChI is InChI=1S/C11H14N4/c12-7-9-3-5-14-11(6-9)15-10-2-1-4-13-8-10/h3,5-6,10,13H,1-2,4,8H2,(H,14,15)/t10-/m1/s1. The first-order valence-corrected chi connectivity index (χ1v) is 5.22. The second kappa shape index (κ2) is 4.76. The molecule has 4 nitrogen and oxygen atoms in total. The van der Waals surface area contributed by atoms with Gasteiger partial charge in [0.2, 0.25) is 0 Å². The molecule has 1 aliphatic heterocycles. The van der Waals surface area contributed by atoms with Gasteiger partial charge in [0.1, 0.15) is 5.82 Å². The molecule has 1 saturated heterocycles. The number of nitrogens with one attached hydrogen (secondary N) is 2. The molecule has 0 bridgehead atoms. The topological polar surface area (TPSA) is 60.7 Å². The van der Waals surface area contributed by atoms with Gasteiger partial charge in [0, 0.05) is 18.8 Å². The maximum Gasteiger partial charge on any atom is 0.127 e. The Balaban J connectivity index is 2.00. The van der Waals surface area contributed by atoms with E-state index in [0.29, 0.717) is 11.6 Å². The van der Waals surface area contributed by atoms with E-state index in [-0.39, 0.29) is 0 Å². The molecule has 78 valence electrons. The average molecular weight is 202 g/mol. The molecule has 2 heterocycles. The quantitative estimate of drug-likeness (QED) is 0.754. The zero-order chi connectivity index (χ0) is 10.5. The van der Waals surface area contributed by atoms with E-state index in [9.17, 15) is 0 Å². The highest BCUT2D eigenvalue weighted by atomic mass is 15.1. The van der Waals surface area contributed by atoms with Crippen LogP contribution in [0.1, 0.15) is 18.4 Å². The van der Waals surface area contributed by atoms with E-state index in [1.807, 2.05) is 0 Å². The van der Waals surface area contributed by atoms with Gasteiger partial charge in [-0.15, -0.1) is 0 Å². The van der Waals surface area contributed by atoms with Crippen LogP contribution in [0.25, 0.3) is 0 Å². The first kappa shape index (κ1) is 9.94. The van der Waals surface area contributed by atoms with Gasteiger partial charge in [-0.1, -0.05) is 0 Å². The van der Waals surface area contributed by atoms with Crippen molar-refractivity contribution in [3.8, 4) is 6.07 Å². The lowest BCUT2D eigenvalue weighted by molar-refractivity contribution is 0.479. The third-order valence-corrected chi connectivity index (χ3v) is 2.54. The third kappa shape index (κ3) is 2.67. The maximum absolute atomic E-state index is 8.75. The molecule has 0 unspecified atom stereocenters. The maximum atomic E-state index is 8.75. The lowest BCUT2D eigenvalue weighted by Gasteiger charge is -2.24. The molecule has 1 aromatic heterocycles. The van der Waals surface area contributed by atoms with Crippen LogP contribution in [0.2, 0.25) is 0 Å². The van der Waals surface area contributed by atoms with Crippen LogP contribution in [0.3, 0.4) is 0 Å². The molecule has 2 rings (SSSR count). The second-order valence-electron chi connectivity index (χ2n) is 3.73. The minimum Gasteiger partial charge on any atom is -0.366 e. The number of aromatic nitrogens is 1. The van der Waals surface area contributed by atoms with Crippen molar-refractivity contribution in [3.05, 3.63) is 23.9 Å². The van der Waals surface area contributed by atoms with Crippen LogP contribution in [0.15, 0.2) is 18.3 Å². The smallest absolute Gasteiger partial charge is 0.127 e. The summed E-state index contributed by atoms with van der Waals surface area (Å²) in [6.07, 6.45) is 4.01. The Morgan fingerprint density at radius 1 is 1.60 bits per heavy atom. The molecule has 1 fully saturated rings. The molecule has 4 heteroatoms. The summed E-state index contributed by atoms with van der Waals surface area (Å²) in [4.78, 5) is 4.19. The van der Waals surface area contributed by atoms with E-state index >= 15 is 0 Å². The number of hydrogen-bond acceptors (Lipinski definition) is 4. The summed E-state index contributed by atoms with van der Waals surface area (Å²) in [6, 6.07) is 6.04. The number of piperidine rings is 1. The molecule has 1 aromatic rings. The highest BCUT2D eigenvalue weighted by molar-refractivity contribution is 5.43. The normalized spacial score (nSPS) is 20.6. The van der Waals surface area contributed by atoms with Crippen LogP contribution in [-0.4, -0.2) is 24.1 Å². The Morgan fingerprint density at radius 3 is 3.27 bits per heavy atom. The van der Waals surface area contributed by atoms with Gasteiger partial charge in [-0.2, -0.15) is 5.26 Å². The van der Waals surface area contributed by atoms with Crippen LogP contribution in [0.4, 0.5) is 5.82 Å². The van der Waals surface area contributed by atoms with E-state index < -0.39 is 0 Å². The number of rotatable bonds is 2. The summed E-state index contributed by atoms with van der Waals surface area (Å²) in [6.45, 7) is 2.07. The van der Waals surface area contributed by atoms with E-state index in [0.717, 1.165) is 25.3 Å². The summed E-state index contributed by atoms with van der Waals surface area (Å²) >= 11 is 0. The molecule has 0 saturated carbocycles. The van der Waals surface area contributed by atoms with Gasteiger partial charge < -0.3 is 10.6 Å². The van der Waals surface area contributed by atoms with E-state index in [4.69, 9.17) is 5.26 Å². The van der Waals surface area contributed by atoms with Crippen molar-refractivity contribution in [2.75, 3.05) is 18.4 Å². The first-order valence-electron chi connectivity index (χ1n) is 5.22. The number of pyridine rings is 1. The van der Waals surface area contributed by atoms with Crippen LogP contribution in [0, 0.1) is 11.3 Å². The molecule has 1 atom stereocenters. The zero-order valence-corrected chi connectivity index (χ0v) is 8.53. The van der Waals surface area contributed by atoms with E-state index in [2.05, 4.69) is 21.7 Å². The molecular weight excluding hydrogens is 188 g/mol. The first-order chi connectivity index (χ1) is 7.38. The van der Waals surface area contributed by atoms with Crippen molar-refractivity contribution < 1.29 is 0 Å². The molecule has 1 aliphatic rings. The van der Waals surface area contributed by atoms with Crippen LogP contribution < -0.4 is 10.6 Å². The van der Waals surface area contributed by atoms with Gasteiger partial charge in [0.05, 0.1) is 11.6 Å². The zero-order valence-electron chi connectivity index (χ0n) is 8.53. The number of nitrogens with zero attached hydrogens (tertiary/aromatic N) is 2. The fraction of sp³-hybridized carbons (Fsp3) is 0.455. The number of anilines is 1. The SMILES string of the molecule is N#Cc1ccnc(N[C@@H]2CCCNC2)c1. The molecule has 0 aromatic carbocycles.